The lowest BCUT2D eigenvalue weighted by atomic mass is 9.66. The molecule has 1 unspecified atom stereocenters. The smallest absolute Gasteiger partial charge is 0.339 e. The number of rotatable bonds is 7. The van der Waals surface area contributed by atoms with Crippen molar-refractivity contribution in [1.82, 2.24) is 5.32 Å². The third-order valence-electron chi connectivity index (χ3n) is 5.06. The largest absolute Gasteiger partial charge is 0.453 e. The van der Waals surface area contributed by atoms with Gasteiger partial charge in [-0.1, -0.05) is 6.42 Å². The normalized spacial score (nSPS) is 37.3. The fourth-order valence-electron chi connectivity index (χ4n) is 3.38. The fourth-order valence-corrected chi connectivity index (χ4v) is 3.38. The Kier molecular flexibility index (Phi) is 4.28. The SMILES string of the molecule is C[C@H]1C(=O)N[C@@]2([C@@H](O)C(CO)CCCCO)C(=O)O[C@@]12C. The summed E-state index contributed by atoms with van der Waals surface area (Å²) < 4.78 is 5.17. The molecule has 1 amide bonds. The van der Waals surface area contributed by atoms with E-state index in [9.17, 15) is 19.8 Å². The second-order valence-corrected chi connectivity index (χ2v) is 6.12. The highest BCUT2D eigenvalue weighted by Crippen LogP contribution is 2.51. The molecule has 2 saturated heterocycles. The minimum absolute atomic E-state index is 0.0346. The number of hydrogen-bond acceptors (Lipinski definition) is 6. The summed E-state index contributed by atoms with van der Waals surface area (Å²) >= 11 is 0. The summed E-state index contributed by atoms with van der Waals surface area (Å²) in [7, 11) is 0. The Morgan fingerprint density at radius 1 is 1.33 bits per heavy atom. The summed E-state index contributed by atoms with van der Waals surface area (Å²) in [5.74, 6) is -2.11. The summed E-state index contributed by atoms with van der Waals surface area (Å²) in [5, 5.41) is 31.5. The molecule has 2 fully saturated rings. The summed E-state index contributed by atoms with van der Waals surface area (Å²) in [6.45, 7) is 3.01. The molecule has 4 N–H and O–H groups in total. The van der Waals surface area contributed by atoms with Gasteiger partial charge in [-0.25, -0.2) is 4.79 Å². The molecule has 0 aromatic carbocycles. The van der Waals surface area contributed by atoms with E-state index in [-0.39, 0.29) is 19.1 Å². The molecule has 7 nitrogen and oxygen atoms in total. The van der Waals surface area contributed by atoms with Gasteiger partial charge >= 0.3 is 5.97 Å². The lowest BCUT2D eigenvalue weighted by Crippen LogP contribution is -2.80. The Balaban J connectivity index is 2.21. The zero-order chi connectivity index (χ0) is 15.8. The first-order valence-corrected chi connectivity index (χ1v) is 7.30. The van der Waals surface area contributed by atoms with Gasteiger partial charge in [0.05, 0.1) is 12.0 Å². The monoisotopic (exact) mass is 301 g/mol. The molecule has 0 aromatic rings. The Morgan fingerprint density at radius 3 is 2.48 bits per heavy atom. The summed E-state index contributed by atoms with van der Waals surface area (Å²) in [6, 6.07) is 0. The van der Waals surface area contributed by atoms with Crippen LogP contribution in [0.15, 0.2) is 0 Å². The molecule has 5 atom stereocenters. The highest BCUT2D eigenvalue weighted by atomic mass is 16.6. The highest BCUT2D eigenvalue weighted by molar-refractivity contribution is 6.01. The number of unbranched alkanes of at least 4 members (excludes halogenated alkanes) is 1. The van der Waals surface area contributed by atoms with Crippen LogP contribution in [0.4, 0.5) is 0 Å². The van der Waals surface area contributed by atoms with Gasteiger partial charge in [-0.05, 0) is 26.7 Å². The van der Waals surface area contributed by atoms with Gasteiger partial charge in [0.2, 0.25) is 11.4 Å². The van der Waals surface area contributed by atoms with Gasteiger partial charge in [0.1, 0.15) is 0 Å². The van der Waals surface area contributed by atoms with Crippen molar-refractivity contribution < 1.29 is 29.6 Å². The van der Waals surface area contributed by atoms with Gasteiger partial charge in [0.25, 0.3) is 0 Å². The number of nitrogens with one attached hydrogen (secondary N) is 1. The summed E-state index contributed by atoms with van der Waals surface area (Å²) in [5.41, 5.74) is -2.57. The molecule has 0 saturated carbocycles. The molecule has 0 bridgehead atoms. The van der Waals surface area contributed by atoms with Crippen LogP contribution in [0, 0.1) is 11.8 Å². The van der Waals surface area contributed by atoms with Crippen molar-refractivity contribution in [2.45, 2.75) is 50.4 Å². The van der Waals surface area contributed by atoms with Crippen LogP contribution in [0.3, 0.4) is 0 Å². The van der Waals surface area contributed by atoms with Crippen molar-refractivity contribution in [3.05, 3.63) is 0 Å². The molecule has 120 valence electrons. The number of carbonyl (C=O) groups is 2. The van der Waals surface area contributed by atoms with Gasteiger partial charge in [0, 0.05) is 19.1 Å². The predicted octanol–water partition coefficient (Wildman–Crippen LogP) is -1.06. The first-order chi connectivity index (χ1) is 9.85. The van der Waals surface area contributed by atoms with Crippen LogP contribution < -0.4 is 5.32 Å². The van der Waals surface area contributed by atoms with E-state index in [4.69, 9.17) is 9.84 Å². The van der Waals surface area contributed by atoms with Crippen molar-refractivity contribution in [3.8, 4) is 0 Å². The molecule has 2 aliphatic rings. The number of hydrogen-bond donors (Lipinski definition) is 4. The Bertz CT molecular complexity index is 441. The standard InChI is InChI=1S/C14H23NO6/c1-8-11(19)15-14(12(20)21-13(8,14)2)10(18)9(7-17)5-3-4-6-16/h8-10,16-18H,3-7H2,1-2H3,(H,15,19)/t8-,9?,10-,13-,14-/m0/s1. The number of aliphatic hydroxyl groups is 3. The fraction of sp³-hybridized carbons (Fsp3) is 0.857. The average Bonchev–Trinajstić information content (AvgIpc) is 2.61. The minimum Gasteiger partial charge on any atom is -0.453 e. The van der Waals surface area contributed by atoms with Crippen LogP contribution in [0.5, 0.6) is 0 Å². The lowest BCUT2D eigenvalue weighted by molar-refractivity contribution is -0.239. The van der Waals surface area contributed by atoms with E-state index in [0.29, 0.717) is 19.3 Å². The number of fused-ring (bicyclic) bond motifs is 1. The zero-order valence-corrected chi connectivity index (χ0v) is 12.3. The Labute approximate surface area is 123 Å². The van der Waals surface area contributed by atoms with E-state index in [1.165, 1.54) is 0 Å². The van der Waals surface area contributed by atoms with Crippen molar-refractivity contribution in [2.24, 2.45) is 11.8 Å². The lowest BCUT2D eigenvalue weighted by Gasteiger charge is -2.54. The van der Waals surface area contributed by atoms with E-state index in [1.54, 1.807) is 13.8 Å². The van der Waals surface area contributed by atoms with E-state index in [0.717, 1.165) is 0 Å². The van der Waals surface area contributed by atoms with Gasteiger partial charge in [-0.2, -0.15) is 0 Å². The van der Waals surface area contributed by atoms with Crippen LogP contribution in [-0.4, -0.2) is 57.7 Å². The quantitative estimate of drug-likeness (QED) is 0.352. The first kappa shape index (κ1) is 16.2. The molecule has 7 heteroatoms. The molecular weight excluding hydrogens is 278 g/mol. The van der Waals surface area contributed by atoms with E-state index in [1.807, 2.05) is 0 Å². The van der Waals surface area contributed by atoms with E-state index >= 15 is 0 Å². The third-order valence-corrected chi connectivity index (χ3v) is 5.06. The summed E-state index contributed by atoms with van der Waals surface area (Å²) in [4.78, 5) is 23.9. The van der Waals surface area contributed by atoms with Crippen LogP contribution >= 0.6 is 0 Å². The number of aliphatic hydroxyl groups excluding tert-OH is 3. The van der Waals surface area contributed by atoms with Crippen molar-refractivity contribution in [3.63, 3.8) is 0 Å². The molecule has 0 aliphatic carbocycles. The maximum atomic E-state index is 12.0. The Hall–Kier alpha value is -1.18. The van der Waals surface area contributed by atoms with Crippen LogP contribution in [0.25, 0.3) is 0 Å². The van der Waals surface area contributed by atoms with Crippen molar-refractivity contribution >= 4 is 11.9 Å². The number of ether oxygens (including phenoxy) is 1. The average molecular weight is 301 g/mol. The molecule has 0 radical (unpaired) electrons. The molecule has 21 heavy (non-hydrogen) atoms. The first-order valence-electron chi connectivity index (χ1n) is 7.30. The van der Waals surface area contributed by atoms with Crippen LogP contribution in [0.1, 0.15) is 33.1 Å². The van der Waals surface area contributed by atoms with Gasteiger partial charge in [-0.3, -0.25) is 4.79 Å². The maximum absolute atomic E-state index is 12.0. The highest BCUT2D eigenvalue weighted by Gasteiger charge is 2.78. The Morgan fingerprint density at radius 2 is 2.00 bits per heavy atom. The molecule has 2 aliphatic heterocycles. The van der Waals surface area contributed by atoms with E-state index < -0.39 is 35.0 Å². The van der Waals surface area contributed by atoms with Crippen molar-refractivity contribution in [1.29, 1.82) is 0 Å². The van der Waals surface area contributed by atoms with E-state index in [2.05, 4.69) is 5.32 Å². The maximum Gasteiger partial charge on any atom is 0.339 e. The molecule has 0 spiro atoms. The van der Waals surface area contributed by atoms with Gasteiger partial charge in [-0.15, -0.1) is 0 Å². The summed E-state index contributed by atoms with van der Waals surface area (Å²) in [6.07, 6.45) is 0.402. The molecule has 2 rings (SSSR count). The number of amides is 1. The third kappa shape index (κ3) is 2.06. The minimum atomic E-state index is -1.48. The number of carbonyl (C=O) groups excluding carboxylic acids is 2. The molecule has 0 aromatic heterocycles. The van der Waals surface area contributed by atoms with Gasteiger partial charge in [0.15, 0.2) is 5.60 Å². The van der Waals surface area contributed by atoms with Crippen LogP contribution in [0.2, 0.25) is 0 Å². The second kappa shape index (κ2) is 5.55. The predicted molar refractivity (Wildman–Crippen MR) is 72.1 cm³/mol. The van der Waals surface area contributed by atoms with Crippen molar-refractivity contribution in [2.75, 3.05) is 13.2 Å². The molecular formula is C14H23NO6. The van der Waals surface area contributed by atoms with Gasteiger partial charge < -0.3 is 25.4 Å². The topological polar surface area (TPSA) is 116 Å². The second-order valence-electron chi connectivity index (χ2n) is 6.12. The zero-order valence-electron chi connectivity index (χ0n) is 12.3. The number of esters is 1. The van der Waals surface area contributed by atoms with Crippen LogP contribution in [-0.2, 0) is 14.3 Å². The molecule has 2 heterocycles.